The van der Waals surface area contributed by atoms with E-state index in [2.05, 4.69) is 20.6 Å². The first kappa shape index (κ1) is 13.3. The summed E-state index contributed by atoms with van der Waals surface area (Å²) >= 11 is 0. The van der Waals surface area contributed by atoms with Gasteiger partial charge in [0, 0.05) is 6.42 Å². The molecule has 1 aliphatic rings. The lowest BCUT2D eigenvalue weighted by Crippen LogP contribution is -2.52. The lowest BCUT2D eigenvalue weighted by atomic mass is 10.1. The molecule has 1 fully saturated rings. The molecule has 21 heavy (non-hydrogen) atoms. The molecule has 1 aromatic carbocycles. The highest BCUT2D eigenvalue weighted by Crippen LogP contribution is 2.17. The predicted octanol–water partition coefficient (Wildman–Crippen LogP) is 0.406. The average Bonchev–Trinajstić information content (AvgIpc) is 2.81. The van der Waals surface area contributed by atoms with Gasteiger partial charge in [-0.2, -0.15) is 0 Å². The van der Waals surface area contributed by atoms with Gasteiger partial charge in [0.25, 0.3) is 5.91 Å². The Morgan fingerprint density at radius 1 is 1.38 bits per heavy atom. The molecule has 3 N–H and O–H groups in total. The van der Waals surface area contributed by atoms with Gasteiger partial charge in [0.2, 0.25) is 11.8 Å². The Kier molecular flexibility index (Phi) is 3.17. The molecule has 1 saturated heterocycles. The van der Waals surface area contributed by atoms with Gasteiger partial charge in [0.15, 0.2) is 0 Å². The van der Waals surface area contributed by atoms with E-state index >= 15 is 0 Å². The number of aromatic nitrogens is 2. The number of H-pyrrole nitrogens is 1. The van der Waals surface area contributed by atoms with Crippen molar-refractivity contribution >= 4 is 28.8 Å². The van der Waals surface area contributed by atoms with Crippen molar-refractivity contribution < 1.29 is 14.4 Å². The van der Waals surface area contributed by atoms with E-state index in [9.17, 15) is 14.4 Å². The van der Waals surface area contributed by atoms with Crippen LogP contribution in [0.25, 0.3) is 11.0 Å². The van der Waals surface area contributed by atoms with Crippen LogP contribution in [-0.2, 0) is 9.59 Å². The number of carbonyl (C=O) groups excluding carboxylic acids is 3. The molecule has 0 saturated carbocycles. The summed E-state index contributed by atoms with van der Waals surface area (Å²) in [5, 5.41) is 4.87. The van der Waals surface area contributed by atoms with Crippen molar-refractivity contribution in [2.75, 3.05) is 0 Å². The molecule has 0 bridgehead atoms. The number of nitrogens with zero attached hydrogens (tertiary/aromatic N) is 1. The van der Waals surface area contributed by atoms with Crippen molar-refractivity contribution in [3.05, 3.63) is 29.6 Å². The molecule has 1 atom stereocenters. The van der Waals surface area contributed by atoms with Gasteiger partial charge in [0.05, 0.1) is 16.6 Å². The first-order valence-electron chi connectivity index (χ1n) is 6.64. The van der Waals surface area contributed by atoms with Gasteiger partial charge >= 0.3 is 0 Å². The molecule has 0 spiro atoms. The first-order chi connectivity index (χ1) is 10.0. The summed E-state index contributed by atoms with van der Waals surface area (Å²) in [7, 11) is 0. The molecule has 2 aromatic rings. The second-order valence-electron chi connectivity index (χ2n) is 5.00. The Balaban J connectivity index is 1.84. The predicted molar refractivity (Wildman–Crippen MR) is 74.5 cm³/mol. The van der Waals surface area contributed by atoms with E-state index in [0.717, 1.165) is 0 Å². The van der Waals surface area contributed by atoms with E-state index in [4.69, 9.17) is 0 Å². The maximum absolute atomic E-state index is 12.3. The number of piperidine rings is 1. The molecule has 3 amide bonds. The minimum Gasteiger partial charge on any atom is -0.342 e. The maximum Gasteiger partial charge on any atom is 0.254 e. The molecule has 3 rings (SSSR count). The lowest BCUT2D eigenvalue weighted by Gasteiger charge is -2.21. The molecule has 108 valence electrons. The van der Waals surface area contributed by atoms with E-state index in [1.807, 2.05) is 13.0 Å². The highest BCUT2D eigenvalue weighted by molar-refractivity contribution is 6.08. The fraction of sp³-hybridized carbons (Fsp3) is 0.286. The van der Waals surface area contributed by atoms with Crippen LogP contribution in [-0.4, -0.2) is 33.7 Å². The third-order valence-electron chi connectivity index (χ3n) is 3.43. The summed E-state index contributed by atoms with van der Waals surface area (Å²) in [5.41, 5.74) is 1.76. The van der Waals surface area contributed by atoms with Crippen LogP contribution in [0.2, 0.25) is 0 Å². The van der Waals surface area contributed by atoms with Gasteiger partial charge in [0.1, 0.15) is 11.9 Å². The fourth-order valence-electron chi connectivity index (χ4n) is 2.41. The second-order valence-corrected chi connectivity index (χ2v) is 5.00. The number of hydrogen-bond acceptors (Lipinski definition) is 4. The largest absolute Gasteiger partial charge is 0.342 e. The minimum absolute atomic E-state index is 0.226. The molecular formula is C14H14N4O3. The first-order valence-corrected chi connectivity index (χ1v) is 6.64. The Hall–Kier alpha value is -2.70. The minimum atomic E-state index is -0.686. The van der Waals surface area contributed by atoms with E-state index in [-0.39, 0.29) is 18.2 Å². The van der Waals surface area contributed by atoms with Gasteiger partial charge in [-0.1, -0.05) is 6.07 Å². The van der Waals surface area contributed by atoms with Crippen LogP contribution in [0.5, 0.6) is 0 Å². The summed E-state index contributed by atoms with van der Waals surface area (Å²) in [5.74, 6) is -0.422. The molecule has 1 aliphatic heterocycles. The lowest BCUT2D eigenvalue weighted by molar-refractivity contribution is -0.134. The second kappa shape index (κ2) is 5.01. The van der Waals surface area contributed by atoms with Crippen molar-refractivity contribution in [3.63, 3.8) is 0 Å². The van der Waals surface area contributed by atoms with Crippen LogP contribution < -0.4 is 10.6 Å². The topological polar surface area (TPSA) is 104 Å². The van der Waals surface area contributed by atoms with E-state index < -0.39 is 11.9 Å². The number of carbonyl (C=O) groups is 3. The van der Waals surface area contributed by atoms with Crippen molar-refractivity contribution in [1.82, 2.24) is 20.6 Å². The van der Waals surface area contributed by atoms with Gasteiger partial charge < -0.3 is 10.3 Å². The highest BCUT2D eigenvalue weighted by atomic mass is 16.2. The number of aryl methyl sites for hydroxylation is 1. The number of imide groups is 1. The van der Waals surface area contributed by atoms with Crippen LogP contribution in [0.3, 0.4) is 0 Å². The van der Waals surface area contributed by atoms with Crippen LogP contribution in [0, 0.1) is 6.92 Å². The Morgan fingerprint density at radius 3 is 2.95 bits per heavy atom. The number of benzene rings is 1. The molecule has 2 heterocycles. The highest BCUT2D eigenvalue weighted by Gasteiger charge is 2.28. The zero-order valence-electron chi connectivity index (χ0n) is 11.4. The Labute approximate surface area is 120 Å². The van der Waals surface area contributed by atoms with Crippen LogP contribution >= 0.6 is 0 Å². The molecule has 1 unspecified atom stereocenters. The van der Waals surface area contributed by atoms with E-state index in [0.29, 0.717) is 28.8 Å². The van der Waals surface area contributed by atoms with E-state index in [1.165, 1.54) is 0 Å². The average molecular weight is 286 g/mol. The van der Waals surface area contributed by atoms with Crippen molar-refractivity contribution in [1.29, 1.82) is 0 Å². The number of imidazole rings is 1. The Morgan fingerprint density at radius 2 is 2.19 bits per heavy atom. The number of hydrogen-bond donors (Lipinski definition) is 3. The zero-order valence-corrected chi connectivity index (χ0v) is 11.4. The van der Waals surface area contributed by atoms with Gasteiger partial charge in [-0.25, -0.2) is 4.98 Å². The number of nitrogens with one attached hydrogen (secondary N) is 3. The summed E-state index contributed by atoms with van der Waals surface area (Å²) in [6.45, 7) is 1.81. The number of rotatable bonds is 2. The summed E-state index contributed by atoms with van der Waals surface area (Å²) < 4.78 is 0. The number of amides is 3. The van der Waals surface area contributed by atoms with E-state index in [1.54, 1.807) is 12.1 Å². The molecule has 7 nitrogen and oxygen atoms in total. The third-order valence-corrected chi connectivity index (χ3v) is 3.43. The fourth-order valence-corrected chi connectivity index (χ4v) is 2.41. The molecule has 1 aromatic heterocycles. The SMILES string of the molecule is Cc1nc2cccc(C(=O)NC3CCC(=O)NC3=O)c2[nH]1. The van der Waals surface area contributed by atoms with Crippen LogP contribution in [0.15, 0.2) is 18.2 Å². The van der Waals surface area contributed by atoms with Crippen LogP contribution in [0.4, 0.5) is 0 Å². The third kappa shape index (κ3) is 2.49. The van der Waals surface area contributed by atoms with Crippen molar-refractivity contribution in [3.8, 4) is 0 Å². The Bertz CT molecular complexity index is 750. The quantitative estimate of drug-likeness (QED) is 0.695. The summed E-state index contributed by atoms with van der Waals surface area (Å²) in [6, 6.07) is 4.53. The molecule has 0 radical (unpaired) electrons. The maximum atomic E-state index is 12.3. The monoisotopic (exact) mass is 286 g/mol. The molecule has 7 heteroatoms. The van der Waals surface area contributed by atoms with Crippen LogP contribution in [0.1, 0.15) is 29.0 Å². The van der Waals surface area contributed by atoms with Gasteiger partial charge in [-0.05, 0) is 25.5 Å². The zero-order chi connectivity index (χ0) is 15.0. The molecular weight excluding hydrogens is 272 g/mol. The van der Waals surface area contributed by atoms with Gasteiger partial charge in [-0.15, -0.1) is 0 Å². The summed E-state index contributed by atoms with van der Waals surface area (Å²) in [4.78, 5) is 42.4. The molecule has 0 aliphatic carbocycles. The summed E-state index contributed by atoms with van der Waals surface area (Å²) in [6.07, 6.45) is 0.540. The van der Waals surface area contributed by atoms with Crippen molar-refractivity contribution in [2.24, 2.45) is 0 Å². The standard InChI is InChI=1S/C14H14N4O3/c1-7-15-9-4-2-3-8(12(9)16-7)13(20)17-10-5-6-11(19)18-14(10)21/h2-4,10H,5-6H2,1H3,(H,15,16)(H,17,20)(H,18,19,21). The smallest absolute Gasteiger partial charge is 0.254 e. The van der Waals surface area contributed by atoms with Crippen molar-refractivity contribution in [2.45, 2.75) is 25.8 Å². The number of aromatic amines is 1. The van der Waals surface area contributed by atoms with Gasteiger partial charge in [-0.3, -0.25) is 19.7 Å². The normalized spacial score (nSPS) is 18.6. The number of fused-ring (bicyclic) bond motifs is 1. The number of para-hydroxylation sites is 1.